The van der Waals surface area contributed by atoms with Crippen molar-refractivity contribution in [2.75, 3.05) is 18.4 Å². The maximum atomic E-state index is 11.9. The number of hydrogen-bond acceptors (Lipinski definition) is 2. The summed E-state index contributed by atoms with van der Waals surface area (Å²) in [5, 5.41) is 3.58. The minimum Gasteiger partial charge on any atom is -0.342 e. The van der Waals surface area contributed by atoms with Crippen LogP contribution in [0.2, 0.25) is 10.0 Å². The summed E-state index contributed by atoms with van der Waals surface area (Å²) in [7, 11) is 0. The fraction of sp³-hybridized carbons (Fsp3) is 0.500. The van der Waals surface area contributed by atoms with Crippen LogP contribution in [0.25, 0.3) is 0 Å². The van der Waals surface area contributed by atoms with Crippen LogP contribution in [0.15, 0.2) is 18.2 Å². The van der Waals surface area contributed by atoms with E-state index in [4.69, 9.17) is 23.2 Å². The molecular formula is C16H22Cl2N2O2. The maximum Gasteiger partial charge on any atom is 0.226 e. The number of hydrogen-bond donors (Lipinski definition) is 1. The summed E-state index contributed by atoms with van der Waals surface area (Å²) >= 11 is 11.7. The topological polar surface area (TPSA) is 49.4 Å². The highest BCUT2D eigenvalue weighted by atomic mass is 35.5. The lowest BCUT2D eigenvalue weighted by molar-refractivity contribution is -0.129. The average molecular weight is 345 g/mol. The third-order valence-corrected chi connectivity index (χ3v) is 3.97. The highest BCUT2D eigenvalue weighted by Gasteiger charge is 2.12. The molecule has 0 unspecified atom stereocenters. The zero-order valence-corrected chi connectivity index (χ0v) is 14.7. The second-order valence-electron chi connectivity index (χ2n) is 5.62. The summed E-state index contributed by atoms with van der Waals surface area (Å²) in [5.41, 5.74) is 0.593. The van der Waals surface area contributed by atoms with Gasteiger partial charge < -0.3 is 10.2 Å². The lowest BCUT2D eigenvalue weighted by Gasteiger charge is -2.21. The van der Waals surface area contributed by atoms with Gasteiger partial charge in [0.1, 0.15) is 0 Å². The highest BCUT2D eigenvalue weighted by Crippen LogP contribution is 2.25. The molecule has 0 bridgehead atoms. The predicted octanol–water partition coefficient (Wildman–Crippen LogP) is 4.22. The molecule has 122 valence electrons. The second-order valence-corrected chi connectivity index (χ2v) is 6.43. The van der Waals surface area contributed by atoms with E-state index in [1.54, 1.807) is 23.1 Å². The molecule has 0 heterocycles. The van der Waals surface area contributed by atoms with E-state index in [-0.39, 0.29) is 18.2 Å². The summed E-state index contributed by atoms with van der Waals surface area (Å²) < 4.78 is 0. The van der Waals surface area contributed by atoms with E-state index in [0.29, 0.717) is 34.7 Å². The van der Waals surface area contributed by atoms with Gasteiger partial charge in [-0.1, -0.05) is 37.0 Å². The van der Waals surface area contributed by atoms with Crippen LogP contribution in [-0.2, 0) is 9.59 Å². The Balaban J connectivity index is 2.49. The smallest absolute Gasteiger partial charge is 0.226 e. The second kappa shape index (κ2) is 9.01. The Labute approximate surface area is 141 Å². The first-order valence-electron chi connectivity index (χ1n) is 7.30. The van der Waals surface area contributed by atoms with Gasteiger partial charge in [0.25, 0.3) is 0 Å². The lowest BCUT2D eigenvalue weighted by Crippen LogP contribution is -2.33. The van der Waals surface area contributed by atoms with Gasteiger partial charge in [-0.25, -0.2) is 0 Å². The number of amides is 2. The van der Waals surface area contributed by atoms with Crippen molar-refractivity contribution in [2.45, 2.75) is 33.6 Å². The Morgan fingerprint density at radius 3 is 2.41 bits per heavy atom. The molecule has 0 aliphatic carbocycles. The molecule has 6 heteroatoms. The molecule has 0 spiro atoms. The Hall–Kier alpha value is -1.26. The SMILES string of the molecule is CC(=O)N(CCC(=O)Nc1ccc(Cl)c(Cl)c1)CCC(C)C. The van der Waals surface area contributed by atoms with Crippen LogP contribution in [0.1, 0.15) is 33.6 Å². The monoisotopic (exact) mass is 344 g/mol. The van der Waals surface area contributed by atoms with Crippen molar-refractivity contribution in [3.8, 4) is 0 Å². The minimum absolute atomic E-state index is 0.0111. The van der Waals surface area contributed by atoms with Crippen LogP contribution >= 0.6 is 23.2 Å². The first-order chi connectivity index (χ1) is 10.3. The number of anilines is 1. The first-order valence-corrected chi connectivity index (χ1v) is 8.05. The summed E-state index contributed by atoms with van der Waals surface area (Å²) in [6.45, 7) is 6.82. The van der Waals surface area contributed by atoms with Gasteiger partial charge in [-0.3, -0.25) is 9.59 Å². The Morgan fingerprint density at radius 2 is 1.86 bits per heavy atom. The van der Waals surface area contributed by atoms with Crippen molar-refractivity contribution < 1.29 is 9.59 Å². The Bertz CT molecular complexity index is 533. The molecule has 0 aliphatic rings. The van der Waals surface area contributed by atoms with E-state index in [1.807, 2.05) is 0 Å². The van der Waals surface area contributed by atoms with E-state index < -0.39 is 0 Å². The summed E-state index contributed by atoms with van der Waals surface area (Å²) in [6.07, 6.45) is 1.17. The summed E-state index contributed by atoms with van der Waals surface area (Å²) in [6, 6.07) is 4.92. The number of benzene rings is 1. The minimum atomic E-state index is -0.158. The Morgan fingerprint density at radius 1 is 1.18 bits per heavy atom. The highest BCUT2D eigenvalue weighted by molar-refractivity contribution is 6.42. The third kappa shape index (κ3) is 6.67. The van der Waals surface area contributed by atoms with Gasteiger partial charge in [0.15, 0.2) is 0 Å². The molecule has 0 saturated heterocycles. The molecule has 0 atom stereocenters. The molecule has 0 aliphatic heterocycles. The molecule has 0 radical (unpaired) electrons. The van der Waals surface area contributed by atoms with Crippen molar-refractivity contribution in [3.63, 3.8) is 0 Å². The van der Waals surface area contributed by atoms with Crippen molar-refractivity contribution in [1.29, 1.82) is 0 Å². The molecule has 0 aromatic heterocycles. The molecule has 0 saturated carbocycles. The van der Waals surface area contributed by atoms with Crippen LogP contribution in [0.3, 0.4) is 0 Å². The number of nitrogens with one attached hydrogen (secondary N) is 1. The van der Waals surface area contributed by atoms with Crippen LogP contribution in [-0.4, -0.2) is 29.8 Å². The first kappa shape index (κ1) is 18.8. The maximum absolute atomic E-state index is 11.9. The number of halogens is 2. The van der Waals surface area contributed by atoms with Crippen LogP contribution in [0.4, 0.5) is 5.69 Å². The normalized spacial score (nSPS) is 10.6. The molecule has 22 heavy (non-hydrogen) atoms. The predicted molar refractivity (Wildman–Crippen MR) is 91.4 cm³/mol. The standard InChI is InChI=1S/C16H22Cl2N2O2/c1-11(2)6-8-20(12(3)21)9-7-16(22)19-13-4-5-14(17)15(18)10-13/h4-5,10-11H,6-9H2,1-3H3,(H,19,22). The molecule has 2 amide bonds. The molecule has 1 rings (SSSR count). The lowest BCUT2D eigenvalue weighted by atomic mass is 10.1. The largest absolute Gasteiger partial charge is 0.342 e. The van der Waals surface area contributed by atoms with E-state index in [1.165, 1.54) is 6.92 Å². The van der Waals surface area contributed by atoms with E-state index >= 15 is 0 Å². The Kier molecular flexibility index (Phi) is 7.69. The number of rotatable bonds is 7. The van der Waals surface area contributed by atoms with Gasteiger partial charge in [0, 0.05) is 32.1 Å². The summed E-state index contributed by atoms with van der Waals surface area (Å²) in [4.78, 5) is 25.2. The van der Waals surface area contributed by atoms with Crippen molar-refractivity contribution >= 4 is 40.7 Å². The fourth-order valence-corrected chi connectivity index (χ4v) is 2.17. The molecule has 4 nitrogen and oxygen atoms in total. The van der Waals surface area contributed by atoms with Gasteiger partial charge in [0.2, 0.25) is 11.8 Å². The van der Waals surface area contributed by atoms with E-state index in [0.717, 1.165) is 6.42 Å². The van der Waals surface area contributed by atoms with Gasteiger partial charge in [-0.15, -0.1) is 0 Å². The third-order valence-electron chi connectivity index (χ3n) is 3.23. The number of carbonyl (C=O) groups excluding carboxylic acids is 2. The molecule has 1 aromatic carbocycles. The van der Waals surface area contributed by atoms with Crippen molar-refractivity contribution in [2.24, 2.45) is 5.92 Å². The number of nitrogens with zero attached hydrogens (tertiary/aromatic N) is 1. The van der Waals surface area contributed by atoms with Crippen LogP contribution in [0.5, 0.6) is 0 Å². The summed E-state index contributed by atoms with van der Waals surface area (Å²) in [5.74, 6) is 0.351. The van der Waals surface area contributed by atoms with Crippen molar-refractivity contribution in [3.05, 3.63) is 28.2 Å². The molecule has 0 fully saturated rings. The molecule has 1 aromatic rings. The van der Waals surface area contributed by atoms with Gasteiger partial charge in [-0.05, 0) is 30.5 Å². The fourth-order valence-electron chi connectivity index (χ4n) is 1.87. The van der Waals surface area contributed by atoms with Gasteiger partial charge in [0.05, 0.1) is 10.0 Å². The van der Waals surface area contributed by atoms with Crippen LogP contribution in [0, 0.1) is 5.92 Å². The zero-order chi connectivity index (χ0) is 16.7. The van der Waals surface area contributed by atoms with E-state index in [2.05, 4.69) is 19.2 Å². The van der Waals surface area contributed by atoms with Gasteiger partial charge >= 0.3 is 0 Å². The quantitative estimate of drug-likeness (QED) is 0.804. The van der Waals surface area contributed by atoms with Gasteiger partial charge in [-0.2, -0.15) is 0 Å². The average Bonchev–Trinajstić information content (AvgIpc) is 2.42. The molecule has 1 N–H and O–H groups in total. The molecular weight excluding hydrogens is 323 g/mol. The zero-order valence-electron chi connectivity index (χ0n) is 13.2. The number of carbonyl (C=O) groups is 2. The van der Waals surface area contributed by atoms with Crippen LogP contribution < -0.4 is 5.32 Å². The van der Waals surface area contributed by atoms with E-state index in [9.17, 15) is 9.59 Å². The van der Waals surface area contributed by atoms with Crippen molar-refractivity contribution in [1.82, 2.24) is 4.90 Å².